The highest BCUT2D eigenvalue weighted by molar-refractivity contribution is 8.00. The van der Waals surface area contributed by atoms with Gasteiger partial charge in [-0.2, -0.15) is 11.8 Å². The van der Waals surface area contributed by atoms with Gasteiger partial charge in [-0.3, -0.25) is 0 Å². The highest BCUT2D eigenvalue weighted by atomic mass is 32.2. The van der Waals surface area contributed by atoms with Crippen LogP contribution >= 0.6 is 11.8 Å². The third-order valence-electron chi connectivity index (χ3n) is 2.98. The predicted molar refractivity (Wildman–Crippen MR) is 76.6 cm³/mol. The number of thioether (sulfide) groups is 1. The summed E-state index contributed by atoms with van der Waals surface area (Å²) < 4.78 is 25.7. The lowest BCUT2D eigenvalue weighted by Crippen LogP contribution is -2.21. The predicted octanol–water partition coefficient (Wildman–Crippen LogP) is 1.90. The van der Waals surface area contributed by atoms with Gasteiger partial charge < -0.3 is 5.32 Å². The first kappa shape index (κ1) is 13.7. The van der Waals surface area contributed by atoms with Crippen LogP contribution in [0.3, 0.4) is 0 Å². The van der Waals surface area contributed by atoms with Gasteiger partial charge in [-0.15, -0.1) is 0 Å². The van der Waals surface area contributed by atoms with E-state index in [9.17, 15) is 8.42 Å². The number of sulfonamides is 1. The smallest absolute Gasteiger partial charge is 0.240 e. The van der Waals surface area contributed by atoms with E-state index in [0.717, 1.165) is 17.9 Å². The van der Waals surface area contributed by atoms with Crippen LogP contribution in [0.15, 0.2) is 29.2 Å². The molecule has 2 rings (SSSR count). The van der Waals surface area contributed by atoms with Gasteiger partial charge in [-0.05, 0) is 31.7 Å². The van der Waals surface area contributed by atoms with Crippen LogP contribution < -0.4 is 10.0 Å². The number of hydrogen-bond acceptors (Lipinski definition) is 4. The molecule has 0 bridgehead atoms. The summed E-state index contributed by atoms with van der Waals surface area (Å²) in [7, 11) is -1.94. The monoisotopic (exact) mass is 286 g/mol. The lowest BCUT2D eigenvalue weighted by molar-refractivity contribution is 0.588. The molecule has 0 radical (unpaired) electrons. The molecule has 18 heavy (non-hydrogen) atoms. The summed E-state index contributed by atoms with van der Waals surface area (Å²) in [6, 6.07) is 7.38. The van der Waals surface area contributed by atoms with E-state index in [1.54, 1.807) is 18.2 Å². The van der Waals surface area contributed by atoms with Crippen molar-refractivity contribution in [3.8, 4) is 0 Å². The molecule has 2 N–H and O–H groups in total. The van der Waals surface area contributed by atoms with Gasteiger partial charge >= 0.3 is 0 Å². The standard InChI is InChI=1S/C12H18N2O2S2/c1-9-6-11(8-17-9)14-10-4-3-5-12(7-10)18(15,16)13-2/h3-5,7,9,11,13-14H,6,8H2,1-2H3. The van der Waals surface area contributed by atoms with Crippen molar-refractivity contribution in [1.82, 2.24) is 4.72 Å². The minimum absolute atomic E-state index is 0.300. The van der Waals surface area contributed by atoms with Crippen molar-refractivity contribution in [2.24, 2.45) is 0 Å². The normalized spacial score (nSPS) is 24.1. The zero-order valence-corrected chi connectivity index (χ0v) is 12.1. The molecule has 2 atom stereocenters. The lowest BCUT2D eigenvalue weighted by Gasteiger charge is -2.14. The second-order valence-electron chi connectivity index (χ2n) is 4.46. The molecule has 1 fully saturated rings. The first-order valence-electron chi connectivity index (χ1n) is 5.93. The summed E-state index contributed by atoms with van der Waals surface area (Å²) >= 11 is 1.95. The Hall–Kier alpha value is -0.720. The van der Waals surface area contributed by atoms with Gasteiger partial charge in [-0.1, -0.05) is 13.0 Å². The quantitative estimate of drug-likeness (QED) is 0.887. The Morgan fingerprint density at radius 2 is 2.17 bits per heavy atom. The van der Waals surface area contributed by atoms with Gasteiger partial charge in [0.1, 0.15) is 0 Å². The van der Waals surface area contributed by atoms with Gasteiger partial charge in [0.05, 0.1) is 4.90 Å². The molecule has 0 amide bonds. The molecule has 1 aromatic rings. The van der Waals surface area contributed by atoms with Crippen LogP contribution in [0.4, 0.5) is 5.69 Å². The third kappa shape index (κ3) is 3.18. The summed E-state index contributed by atoms with van der Waals surface area (Å²) in [5.41, 5.74) is 0.867. The van der Waals surface area contributed by atoms with Crippen molar-refractivity contribution in [2.45, 2.75) is 29.5 Å². The van der Waals surface area contributed by atoms with E-state index in [4.69, 9.17) is 0 Å². The molecule has 1 aliphatic heterocycles. The van der Waals surface area contributed by atoms with Crippen molar-refractivity contribution in [3.05, 3.63) is 24.3 Å². The molecule has 100 valence electrons. The topological polar surface area (TPSA) is 58.2 Å². The Labute approximate surface area is 113 Å². The summed E-state index contributed by atoms with van der Waals surface area (Å²) in [6.45, 7) is 2.22. The van der Waals surface area contributed by atoms with Crippen molar-refractivity contribution in [1.29, 1.82) is 0 Å². The van der Waals surface area contributed by atoms with E-state index >= 15 is 0 Å². The molecule has 0 aliphatic carbocycles. The molecule has 0 saturated carbocycles. The van der Waals surface area contributed by atoms with Crippen LogP contribution in [0.2, 0.25) is 0 Å². The van der Waals surface area contributed by atoms with Crippen molar-refractivity contribution >= 4 is 27.5 Å². The Morgan fingerprint density at radius 3 is 2.78 bits per heavy atom. The Balaban J connectivity index is 2.13. The lowest BCUT2D eigenvalue weighted by atomic mass is 10.2. The van der Waals surface area contributed by atoms with Gasteiger partial charge in [0.25, 0.3) is 0 Å². The molecule has 1 aromatic carbocycles. The van der Waals surface area contributed by atoms with Crippen molar-refractivity contribution in [3.63, 3.8) is 0 Å². The summed E-state index contributed by atoms with van der Waals surface area (Å²) in [6.07, 6.45) is 1.12. The van der Waals surface area contributed by atoms with Crippen LogP contribution in [0.25, 0.3) is 0 Å². The molecule has 0 spiro atoms. The molecule has 1 heterocycles. The number of nitrogens with one attached hydrogen (secondary N) is 2. The summed E-state index contributed by atoms with van der Waals surface area (Å²) in [5, 5.41) is 4.07. The number of anilines is 1. The SMILES string of the molecule is CNS(=O)(=O)c1cccc(NC2CSC(C)C2)c1. The van der Waals surface area contributed by atoms with E-state index < -0.39 is 10.0 Å². The first-order valence-corrected chi connectivity index (χ1v) is 8.46. The first-order chi connectivity index (χ1) is 8.51. The van der Waals surface area contributed by atoms with Gasteiger partial charge in [0.2, 0.25) is 10.0 Å². The number of hydrogen-bond donors (Lipinski definition) is 2. The zero-order chi connectivity index (χ0) is 13.2. The minimum Gasteiger partial charge on any atom is -0.381 e. The molecule has 1 aliphatic rings. The van der Waals surface area contributed by atoms with Gasteiger partial charge in [0.15, 0.2) is 0 Å². The molecule has 6 heteroatoms. The fraction of sp³-hybridized carbons (Fsp3) is 0.500. The summed E-state index contributed by atoms with van der Waals surface area (Å²) in [5.74, 6) is 1.07. The average molecular weight is 286 g/mol. The molecular formula is C12H18N2O2S2. The molecule has 2 unspecified atom stereocenters. The van der Waals surface area contributed by atoms with Crippen molar-refractivity contribution in [2.75, 3.05) is 18.1 Å². The van der Waals surface area contributed by atoms with E-state index in [0.29, 0.717) is 16.2 Å². The van der Waals surface area contributed by atoms with Gasteiger partial charge in [0, 0.05) is 22.7 Å². The minimum atomic E-state index is -3.36. The molecular weight excluding hydrogens is 268 g/mol. The summed E-state index contributed by atoms with van der Waals surface area (Å²) in [4.78, 5) is 0.300. The Kier molecular flexibility index (Phi) is 4.19. The van der Waals surface area contributed by atoms with Crippen molar-refractivity contribution < 1.29 is 8.42 Å². The highest BCUT2D eigenvalue weighted by Gasteiger charge is 2.21. The largest absolute Gasteiger partial charge is 0.381 e. The average Bonchev–Trinajstić information content (AvgIpc) is 2.75. The molecule has 0 aromatic heterocycles. The second kappa shape index (κ2) is 5.50. The van der Waals surface area contributed by atoms with Crippen LogP contribution in [0, 0.1) is 0 Å². The highest BCUT2D eigenvalue weighted by Crippen LogP contribution is 2.28. The van der Waals surface area contributed by atoms with Gasteiger partial charge in [-0.25, -0.2) is 13.1 Å². The van der Waals surface area contributed by atoms with Crippen LogP contribution in [0.1, 0.15) is 13.3 Å². The number of rotatable bonds is 4. The maximum Gasteiger partial charge on any atom is 0.240 e. The van der Waals surface area contributed by atoms with Crippen LogP contribution in [0.5, 0.6) is 0 Å². The van der Waals surface area contributed by atoms with E-state index in [-0.39, 0.29) is 0 Å². The Morgan fingerprint density at radius 1 is 1.39 bits per heavy atom. The van der Waals surface area contributed by atoms with E-state index in [1.807, 2.05) is 17.8 Å². The zero-order valence-electron chi connectivity index (χ0n) is 10.5. The fourth-order valence-electron chi connectivity index (χ4n) is 2.02. The Bertz CT molecular complexity index is 517. The van der Waals surface area contributed by atoms with Crippen LogP contribution in [-0.2, 0) is 10.0 Å². The maximum atomic E-state index is 11.7. The second-order valence-corrected chi connectivity index (χ2v) is 7.81. The van der Waals surface area contributed by atoms with E-state index in [1.165, 1.54) is 7.05 Å². The number of benzene rings is 1. The van der Waals surface area contributed by atoms with E-state index in [2.05, 4.69) is 17.0 Å². The third-order valence-corrected chi connectivity index (χ3v) is 5.75. The molecule has 1 saturated heterocycles. The maximum absolute atomic E-state index is 11.7. The molecule has 4 nitrogen and oxygen atoms in total. The fourth-order valence-corrected chi connectivity index (χ4v) is 3.95. The van der Waals surface area contributed by atoms with Crippen LogP contribution in [-0.4, -0.2) is 32.5 Å².